The maximum atomic E-state index is 2.40. The van der Waals surface area contributed by atoms with Gasteiger partial charge in [0.1, 0.15) is 0 Å². The molecule has 0 spiro atoms. The van der Waals surface area contributed by atoms with Gasteiger partial charge < -0.3 is 0 Å². The summed E-state index contributed by atoms with van der Waals surface area (Å²) < 4.78 is 0. The molecule has 0 heterocycles. The van der Waals surface area contributed by atoms with Gasteiger partial charge in [-0.2, -0.15) is 0 Å². The summed E-state index contributed by atoms with van der Waals surface area (Å²) in [6.07, 6.45) is 9.20. The van der Waals surface area contributed by atoms with Crippen molar-refractivity contribution in [3.63, 3.8) is 0 Å². The minimum atomic E-state index is 0. The molecule has 7 heteroatoms. The Morgan fingerprint density at radius 2 is 0.360 bits per heavy atom. The molecule has 0 aromatic rings. The largest absolute Gasteiger partial charge is 0.0899 e. The molecular formula is C18H54CrP6+6. The summed E-state index contributed by atoms with van der Waals surface area (Å²) in [5.41, 5.74) is 0. The quantitative estimate of drug-likeness (QED) is 0.346. The topological polar surface area (TPSA) is 0 Å². The first kappa shape index (κ1) is 35.5. The van der Waals surface area contributed by atoms with Gasteiger partial charge in [-0.1, -0.05) is 0 Å². The molecule has 0 aromatic heterocycles. The van der Waals surface area contributed by atoms with Crippen LogP contribution in [0.25, 0.3) is 0 Å². The second kappa shape index (κ2) is 25.1. The molecule has 0 rings (SSSR count). The Morgan fingerprint density at radius 3 is 0.400 bits per heavy atom. The second-order valence-corrected chi connectivity index (χ2v) is 26.2. The summed E-state index contributed by atoms with van der Waals surface area (Å²) in [4.78, 5) is 0. The van der Waals surface area contributed by atoms with Gasteiger partial charge >= 0.3 is 0 Å². The SMILES string of the molecule is C[PH+](C)CC[PH+](C)C.C[PH+](C)CC[PH+](C)C.C[PH+](C)CC[PH+](C)C.[Cr]. The van der Waals surface area contributed by atoms with Crippen LogP contribution in [-0.2, 0) is 17.4 Å². The van der Waals surface area contributed by atoms with Crippen molar-refractivity contribution in [1.82, 2.24) is 0 Å². The maximum absolute atomic E-state index is 2.40. The van der Waals surface area contributed by atoms with E-state index in [1.165, 1.54) is 37.0 Å². The van der Waals surface area contributed by atoms with Gasteiger partial charge in [0.25, 0.3) is 0 Å². The Morgan fingerprint density at radius 1 is 0.280 bits per heavy atom. The van der Waals surface area contributed by atoms with Crippen LogP contribution in [0.4, 0.5) is 0 Å². The van der Waals surface area contributed by atoms with Crippen molar-refractivity contribution in [3.05, 3.63) is 0 Å². The fourth-order valence-electron chi connectivity index (χ4n) is 1.50. The van der Waals surface area contributed by atoms with E-state index in [1.54, 1.807) is 0 Å². The molecule has 0 N–H and O–H groups in total. The van der Waals surface area contributed by atoms with Crippen LogP contribution in [0.1, 0.15) is 0 Å². The predicted molar refractivity (Wildman–Crippen MR) is 150 cm³/mol. The second-order valence-electron chi connectivity index (χ2n) is 8.74. The van der Waals surface area contributed by atoms with E-state index in [9.17, 15) is 0 Å². The summed E-state index contributed by atoms with van der Waals surface area (Å²) in [5.74, 6) is 0. The zero-order valence-corrected chi connectivity index (χ0v) is 26.9. The number of hydrogen-bond donors (Lipinski definition) is 0. The molecule has 0 atom stereocenters. The summed E-state index contributed by atoms with van der Waals surface area (Å²) in [6, 6.07) is 0. The van der Waals surface area contributed by atoms with Gasteiger partial charge in [0.15, 0.2) is 0 Å². The van der Waals surface area contributed by atoms with E-state index >= 15 is 0 Å². The van der Waals surface area contributed by atoms with Crippen molar-refractivity contribution in [3.8, 4) is 0 Å². The molecule has 0 aromatic carbocycles. The average molecular weight is 508 g/mol. The van der Waals surface area contributed by atoms with Crippen LogP contribution in [0.15, 0.2) is 0 Å². The van der Waals surface area contributed by atoms with E-state index in [-0.39, 0.29) is 64.9 Å². The number of hydrogen-bond acceptors (Lipinski definition) is 0. The molecule has 0 aliphatic rings. The summed E-state index contributed by atoms with van der Waals surface area (Å²) in [7, 11) is 0.574. The van der Waals surface area contributed by atoms with Gasteiger partial charge in [-0.05, 0) is 47.5 Å². The van der Waals surface area contributed by atoms with Gasteiger partial charge in [-0.25, -0.2) is 0 Å². The van der Waals surface area contributed by atoms with Gasteiger partial charge in [-0.3, -0.25) is 0 Å². The van der Waals surface area contributed by atoms with Crippen molar-refractivity contribution in [2.45, 2.75) is 0 Å². The molecule has 0 nitrogen and oxygen atoms in total. The minimum absolute atomic E-state index is 0. The van der Waals surface area contributed by atoms with Gasteiger partial charge in [0, 0.05) is 97.3 Å². The van der Waals surface area contributed by atoms with E-state index in [0.29, 0.717) is 0 Å². The van der Waals surface area contributed by atoms with Gasteiger partial charge in [0.05, 0.1) is 37.0 Å². The predicted octanol–water partition coefficient (Wildman–Crippen LogP) is 5.80. The zero-order chi connectivity index (χ0) is 19.7. The zero-order valence-electron chi connectivity index (χ0n) is 19.7. The van der Waals surface area contributed by atoms with Crippen LogP contribution in [0.3, 0.4) is 0 Å². The molecular weight excluding hydrogens is 454 g/mol. The minimum Gasteiger partial charge on any atom is -0.00165 e. The average Bonchev–Trinajstić information content (AvgIpc) is 2.42. The maximum Gasteiger partial charge on any atom is 0.0899 e. The third-order valence-corrected chi connectivity index (χ3v) is 12.4. The monoisotopic (exact) mass is 508 g/mol. The molecule has 0 radical (unpaired) electrons. The fraction of sp³-hybridized carbons (Fsp3) is 1.00. The van der Waals surface area contributed by atoms with Crippen LogP contribution in [-0.4, -0.2) is 117 Å². The van der Waals surface area contributed by atoms with E-state index < -0.39 is 0 Å². The molecule has 0 fully saturated rings. The summed E-state index contributed by atoms with van der Waals surface area (Å²) >= 11 is 0. The van der Waals surface area contributed by atoms with E-state index in [0.717, 1.165) is 0 Å². The molecule has 25 heavy (non-hydrogen) atoms. The van der Waals surface area contributed by atoms with Crippen molar-refractivity contribution >= 4 is 47.5 Å². The Bertz CT molecular complexity index is 172. The molecule has 0 saturated carbocycles. The van der Waals surface area contributed by atoms with E-state index in [1.807, 2.05) is 0 Å². The van der Waals surface area contributed by atoms with Crippen LogP contribution >= 0.6 is 47.5 Å². The molecule has 0 bridgehead atoms. The first-order valence-corrected chi connectivity index (χ1v) is 25.9. The van der Waals surface area contributed by atoms with Gasteiger partial charge in [-0.15, -0.1) is 0 Å². The van der Waals surface area contributed by atoms with E-state index in [2.05, 4.69) is 80.0 Å². The van der Waals surface area contributed by atoms with Crippen molar-refractivity contribution in [2.75, 3.05) is 117 Å². The Kier molecular flexibility index (Phi) is 35.8. The molecule has 156 valence electrons. The summed E-state index contributed by atoms with van der Waals surface area (Å²) in [5, 5.41) is 0. The molecule has 0 amide bonds. The Hall–Kier alpha value is 3.11. The molecule has 0 unspecified atom stereocenters. The van der Waals surface area contributed by atoms with E-state index in [4.69, 9.17) is 0 Å². The molecule has 0 aliphatic carbocycles. The van der Waals surface area contributed by atoms with Crippen LogP contribution in [0, 0.1) is 0 Å². The fourth-order valence-corrected chi connectivity index (χ4v) is 13.5. The normalized spacial score (nSPS) is 10.8. The van der Waals surface area contributed by atoms with Crippen LogP contribution in [0.5, 0.6) is 0 Å². The Balaban J connectivity index is -0.000000130. The third kappa shape index (κ3) is 52.1. The standard InChI is InChI=1S/3C6H16P2.Cr/c3*1-7(2)5-6-8(3)4;/h3*5-6H2,1-4H3;/p+6. The summed E-state index contributed by atoms with van der Waals surface area (Å²) in [6.45, 7) is 28.8. The first-order chi connectivity index (χ1) is 10.9. The molecule has 0 saturated heterocycles. The van der Waals surface area contributed by atoms with Crippen LogP contribution in [0.2, 0.25) is 0 Å². The third-order valence-electron chi connectivity index (χ3n) is 3.37. The van der Waals surface area contributed by atoms with Crippen molar-refractivity contribution in [2.24, 2.45) is 0 Å². The Labute approximate surface area is 181 Å². The van der Waals surface area contributed by atoms with Crippen molar-refractivity contribution < 1.29 is 17.4 Å². The smallest absolute Gasteiger partial charge is 0.00165 e. The molecule has 0 aliphatic heterocycles. The van der Waals surface area contributed by atoms with Gasteiger partial charge in [0.2, 0.25) is 0 Å². The number of rotatable bonds is 9. The van der Waals surface area contributed by atoms with Crippen molar-refractivity contribution in [1.29, 1.82) is 0 Å². The first-order valence-electron chi connectivity index (χ1n) is 9.62. The van der Waals surface area contributed by atoms with Crippen LogP contribution < -0.4 is 0 Å².